The Morgan fingerprint density at radius 3 is 2.83 bits per heavy atom. The van der Waals surface area contributed by atoms with Crippen molar-refractivity contribution in [3.8, 4) is 5.75 Å². The summed E-state index contributed by atoms with van der Waals surface area (Å²) in [5.41, 5.74) is 3.26. The molecule has 3 aliphatic rings. The molecule has 0 spiro atoms. The van der Waals surface area contributed by atoms with E-state index in [0.29, 0.717) is 28.9 Å². The minimum absolute atomic E-state index is 0.0857. The van der Waals surface area contributed by atoms with E-state index in [1.165, 1.54) is 36.8 Å². The Bertz CT molecular complexity index is 596. The van der Waals surface area contributed by atoms with Crippen LogP contribution < -0.4 is 0 Å². The van der Waals surface area contributed by atoms with Crippen molar-refractivity contribution in [1.29, 1.82) is 0 Å². The molecule has 2 fully saturated rings. The number of aromatic hydroxyl groups is 1. The van der Waals surface area contributed by atoms with Crippen LogP contribution in [-0.4, -0.2) is 16.3 Å². The van der Waals surface area contributed by atoms with Crippen LogP contribution in [0, 0.1) is 23.2 Å². The van der Waals surface area contributed by atoms with Gasteiger partial charge in [-0.2, -0.15) is 0 Å². The van der Waals surface area contributed by atoms with Crippen LogP contribution in [0.1, 0.15) is 69.4 Å². The summed E-state index contributed by atoms with van der Waals surface area (Å²) < 4.78 is 0. The Morgan fingerprint density at radius 2 is 2.09 bits per heavy atom. The molecular formula is C21H30O2. The smallest absolute Gasteiger partial charge is 0.115 e. The number of rotatable bonds is 2. The SMILES string of the molecule is CC[C@@H]1Cc2cc(O)ccc2[C@H]2CC[C@]3(CC)C[C@H](O)C[C@H]3[C@H]12. The molecule has 2 heteroatoms. The topological polar surface area (TPSA) is 40.5 Å². The summed E-state index contributed by atoms with van der Waals surface area (Å²) >= 11 is 0. The van der Waals surface area contributed by atoms with Crippen molar-refractivity contribution in [3.63, 3.8) is 0 Å². The summed E-state index contributed by atoms with van der Waals surface area (Å²) in [6, 6.07) is 6.05. The Hall–Kier alpha value is -1.02. The molecule has 0 aromatic heterocycles. The molecule has 0 unspecified atom stereocenters. The number of hydrogen-bond acceptors (Lipinski definition) is 2. The molecule has 1 aromatic rings. The van der Waals surface area contributed by atoms with Crippen molar-refractivity contribution in [3.05, 3.63) is 29.3 Å². The molecule has 4 rings (SSSR count). The molecule has 2 saturated carbocycles. The van der Waals surface area contributed by atoms with E-state index in [2.05, 4.69) is 19.9 Å². The third kappa shape index (κ3) is 2.25. The van der Waals surface area contributed by atoms with Gasteiger partial charge in [0.1, 0.15) is 5.75 Å². The molecular weight excluding hydrogens is 284 g/mol. The number of aliphatic hydroxyl groups is 1. The average molecular weight is 314 g/mol. The van der Waals surface area contributed by atoms with Gasteiger partial charge in [0.15, 0.2) is 0 Å². The van der Waals surface area contributed by atoms with Crippen molar-refractivity contribution in [2.75, 3.05) is 0 Å². The van der Waals surface area contributed by atoms with Crippen LogP contribution in [0.3, 0.4) is 0 Å². The second-order valence-electron chi connectivity index (χ2n) is 8.39. The zero-order valence-electron chi connectivity index (χ0n) is 14.5. The van der Waals surface area contributed by atoms with Gasteiger partial charge in [0, 0.05) is 0 Å². The first-order valence-electron chi connectivity index (χ1n) is 9.58. The van der Waals surface area contributed by atoms with Gasteiger partial charge in [-0.3, -0.25) is 0 Å². The normalized spacial score (nSPS) is 42.0. The third-order valence-electron chi connectivity index (χ3n) is 7.62. The van der Waals surface area contributed by atoms with Crippen LogP contribution in [0.4, 0.5) is 0 Å². The molecule has 2 nitrogen and oxygen atoms in total. The second-order valence-corrected chi connectivity index (χ2v) is 8.39. The van der Waals surface area contributed by atoms with Gasteiger partial charge in [-0.05, 0) is 84.5 Å². The van der Waals surface area contributed by atoms with Crippen LogP contribution in [0.25, 0.3) is 0 Å². The Kier molecular flexibility index (Phi) is 3.72. The first-order chi connectivity index (χ1) is 11.1. The predicted molar refractivity (Wildman–Crippen MR) is 92.5 cm³/mol. The van der Waals surface area contributed by atoms with Crippen LogP contribution >= 0.6 is 0 Å². The summed E-state index contributed by atoms with van der Waals surface area (Å²) in [4.78, 5) is 0. The van der Waals surface area contributed by atoms with Crippen molar-refractivity contribution >= 4 is 0 Å². The highest BCUT2D eigenvalue weighted by molar-refractivity contribution is 5.40. The Balaban J connectivity index is 1.77. The lowest BCUT2D eigenvalue weighted by atomic mass is 9.51. The highest BCUT2D eigenvalue weighted by atomic mass is 16.3. The van der Waals surface area contributed by atoms with Crippen LogP contribution in [0.2, 0.25) is 0 Å². The van der Waals surface area contributed by atoms with Gasteiger partial charge in [0.2, 0.25) is 0 Å². The molecule has 6 atom stereocenters. The van der Waals surface area contributed by atoms with Gasteiger partial charge in [-0.1, -0.05) is 32.8 Å². The molecule has 0 heterocycles. The van der Waals surface area contributed by atoms with E-state index in [-0.39, 0.29) is 6.10 Å². The van der Waals surface area contributed by atoms with Crippen molar-refractivity contribution < 1.29 is 10.2 Å². The largest absolute Gasteiger partial charge is 0.508 e. The van der Waals surface area contributed by atoms with Gasteiger partial charge in [0.25, 0.3) is 0 Å². The van der Waals surface area contributed by atoms with Crippen molar-refractivity contribution in [1.82, 2.24) is 0 Å². The highest BCUT2D eigenvalue weighted by Gasteiger charge is 2.56. The molecule has 0 radical (unpaired) electrons. The maximum absolute atomic E-state index is 10.4. The maximum atomic E-state index is 10.4. The van der Waals surface area contributed by atoms with Crippen LogP contribution in [0.5, 0.6) is 5.75 Å². The maximum Gasteiger partial charge on any atom is 0.115 e. The van der Waals surface area contributed by atoms with E-state index < -0.39 is 0 Å². The van der Waals surface area contributed by atoms with E-state index in [1.54, 1.807) is 0 Å². The number of hydrogen-bond donors (Lipinski definition) is 2. The predicted octanol–water partition coefficient (Wildman–Crippen LogP) is 4.64. The summed E-state index contributed by atoms with van der Waals surface area (Å²) in [7, 11) is 0. The summed E-state index contributed by atoms with van der Waals surface area (Å²) in [6.07, 6.45) is 8.01. The molecule has 1 aromatic carbocycles. The summed E-state index contributed by atoms with van der Waals surface area (Å²) in [6.45, 7) is 4.66. The zero-order chi connectivity index (χ0) is 16.2. The monoisotopic (exact) mass is 314 g/mol. The Labute approximate surface area is 139 Å². The van der Waals surface area contributed by atoms with Crippen LogP contribution in [-0.2, 0) is 6.42 Å². The first-order valence-corrected chi connectivity index (χ1v) is 9.58. The fourth-order valence-electron chi connectivity index (χ4n) is 6.58. The molecule has 0 saturated heterocycles. The molecule has 0 aliphatic heterocycles. The fourth-order valence-corrected chi connectivity index (χ4v) is 6.58. The molecule has 0 amide bonds. The lowest BCUT2D eigenvalue weighted by Crippen LogP contribution is -2.44. The highest BCUT2D eigenvalue weighted by Crippen LogP contribution is 2.63. The molecule has 3 aliphatic carbocycles. The number of phenolic OH excluding ortho intramolecular Hbond substituents is 1. The van der Waals surface area contributed by atoms with Gasteiger partial charge in [-0.25, -0.2) is 0 Å². The number of aliphatic hydroxyl groups excluding tert-OH is 1. The van der Waals surface area contributed by atoms with E-state index in [4.69, 9.17) is 0 Å². The third-order valence-corrected chi connectivity index (χ3v) is 7.62. The lowest BCUT2D eigenvalue weighted by molar-refractivity contribution is 0.00965. The number of benzene rings is 1. The zero-order valence-corrected chi connectivity index (χ0v) is 14.5. The molecule has 2 N–H and O–H groups in total. The van der Waals surface area contributed by atoms with Gasteiger partial charge in [0.05, 0.1) is 6.10 Å². The lowest BCUT2D eigenvalue weighted by Gasteiger charge is -2.53. The standard InChI is InChI=1S/C21H30O2/c1-3-13-9-14-10-15(22)5-6-17(14)18-7-8-21(4-2)12-16(23)11-19(21)20(13)18/h5-6,10,13,16,18-20,22-23H,3-4,7-9,11-12H2,1-2H3/t13-,16-,18-,19+,20-,21-/m1/s1. The fraction of sp³-hybridized carbons (Fsp3) is 0.714. The second kappa shape index (κ2) is 5.51. The number of fused-ring (bicyclic) bond motifs is 5. The quantitative estimate of drug-likeness (QED) is 0.835. The average Bonchev–Trinajstić information content (AvgIpc) is 2.90. The van der Waals surface area contributed by atoms with Gasteiger partial charge < -0.3 is 10.2 Å². The van der Waals surface area contributed by atoms with Crippen LogP contribution in [0.15, 0.2) is 18.2 Å². The van der Waals surface area contributed by atoms with Gasteiger partial charge >= 0.3 is 0 Å². The van der Waals surface area contributed by atoms with Crippen molar-refractivity contribution in [2.45, 2.75) is 70.8 Å². The summed E-state index contributed by atoms with van der Waals surface area (Å²) in [5, 5.41) is 20.3. The van der Waals surface area contributed by atoms with E-state index >= 15 is 0 Å². The van der Waals surface area contributed by atoms with E-state index in [9.17, 15) is 10.2 Å². The van der Waals surface area contributed by atoms with Gasteiger partial charge in [-0.15, -0.1) is 0 Å². The van der Waals surface area contributed by atoms with Crippen molar-refractivity contribution in [2.24, 2.45) is 23.2 Å². The van der Waals surface area contributed by atoms with E-state index in [0.717, 1.165) is 25.2 Å². The number of phenols is 1. The first kappa shape index (κ1) is 15.5. The Morgan fingerprint density at radius 1 is 1.26 bits per heavy atom. The molecule has 126 valence electrons. The van der Waals surface area contributed by atoms with E-state index in [1.807, 2.05) is 12.1 Å². The molecule has 0 bridgehead atoms. The summed E-state index contributed by atoms with van der Waals surface area (Å²) in [5.74, 6) is 3.17. The minimum Gasteiger partial charge on any atom is -0.508 e. The minimum atomic E-state index is -0.0857. The molecule has 23 heavy (non-hydrogen) atoms.